The van der Waals surface area contributed by atoms with Gasteiger partial charge in [0.05, 0.1) is 0 Å². The summed E-state index contributed by atoms with van der Waals surface area (Å²) in [6, 6.07) is 7.02. The van der Waals surface area contributed by atoms with Gasteiger partial charge in [-0.25, -0.2) is 0 Å². The second-order valence-electron chi connectivity index (χ2n) is 6.54. The van der Waals surface area contributed by atoms with Gasteiger partial charge < -0.3 is 10.2 Å². The van der Waals surface area contributed by atoms with Gasteiger partial charge in [-0.1, -0.05) is 52.0 Å². The highest BCUT2D eigenvalue weighted by molar-refractivity contribution is 5.47. The van der Waals surface area contributed by atoms with Crippen LogP contribution in [0.2, 0.25) is 0 Å². The first-order chi connectivity index (χ1) is 9.28. The molecule has 0 saturated heterocycles. The Balaban J connectivity index is 2.46. The molecule has 2 heteroatoms. The molecule has 1 unspecified atom stereocenters. The summed E-state index contributed by atoms with van der Waals surface area (Å²) in [4.78, 5) is 0. The largest absolute Gasteiger partial charge is 0.508 e. The third-order valence-corrected chi connectivity index (χ3v) is 3.94. The summed E-state index contributed by atoms with van der Waals surface area (Å²) in [6.07, 6.45) is 5.41. The van der Waals surface area contributed by atoms with Crippen LogP contribution in [0.25, 0.3) is 0 Å². The van der Waals surface area contributed by atoms with E-state index < -0.39 is 5.60 Å². The van der Waals surface area contributed by atoms with Crippen LogP contribution in [0.15, 0.2) is 47.6 Å². The molecule has 108 valence electrons. The van der Waals surface area contributed by atoms with E-state index in [0.717, 1.165) is 12.0 Å². The molecule has 2 rings (SSSR count). The Bertz CT molecular complexity index is 561. The summed E-state index contributed by atoms with van der Waals surface area (Å²) < 4.78 is 0. The van der Waals surface area contributed by atoms with Crippen molar-refractivity contribution in [2.24, 2.45) is 5.41 Å². The smallest absolute Gasteiger partial charge is 0.122 e. The number of benzene rings is 1. The molecule has 2 N–H and O–H groups in total. The lowest BCUT2D eigenvalue weighted by Crippen LogP contribution is -2.28. The minimum absolute atomic E-state index is 0.0713. The fraction of sp³-hybridized carbons (Fsp3) is 0.444. The predicted molar refractivity (Wildman–Crippen MR) is 82.5 cm³/mol. The monoisotopic (exact) mass is 272 g/mol. The quantitative estimate of drug-likeness (QED) is 0.843. The molecule has 0 aromatic heterocycles. The number of hydrogen-bond donors (Lipinski definition) is 2. The molecule has 1 atom stereocenters. The summed E-state index contributed by atoms with van der Waals surface area (Å²) in [6.45, 7) is 8.66. The maximum Gasteiger partial charge on any atom is 0.122 e. The number of hydrogen-bond acceptors (Lipinski definition) is 2. The number of phenols is 1. The summed E-state index contributed by atoms with van der Waals surface area (Å²) in [7, 11) is 0. The Morgan fingerprint density at radius 3 is 2.40 bits per heavy atom. The van der Waals surface area contributed by atoms with Crippen molar-refractivity contribution < 1.29 is 10.2 Å². The van der Waals surface area contributed by atoms with Gasteiger partial charge in [-0.05, 0) is 35.1 Å². The molecule has 2 nitrogen and oxygen atoms in total. The van der Waals surface area contributed by atoms with Crippen LogP contribution in [-0.2, 0) is 5.60 Å². The van der Waals surface area contributed by atoms with E-state index in [4.69, 9.17) is 0 Å². The van der Waals surface area contributed by atoms with Crippen molar-refractivity contribution in [3.8, 4) is 5.75 Å². The number of para-hydroxylation sites is 1. The molecule has 0 aliphatic heterocycles. The number of allylic oxidation sites excluding steroid dienone is 2. The minimum atomic E-state index is -1.11. The molecule has 0 bridgehead atoms. The Morgan fingerprint density at radius 2 is 1.85 bits per heavy atom. The zero-order valence-electron chi connectivity index (χ0n) is 12.8. The van der Waals surface area contributed by atoms with Crippen LogP contribution in [-0.4, -0.2) is 10.2 Å². The molecule has 0 radical (unpaired) electrons. The molecule has 0 spiro atoms. The number of aromatic hydroxyl groups is 1. The fourth-order valence-corrected chi connectivity index (χ4v) is 2.92. The third kappa shape index (κ3) is 2.66. The topological polar surface area (TPSA) is 40.5 Å². The standard InChI is InChI=1S/C18H24O2/c1-5-13-12-18(20,11-10-14(13)17(2,3)4)15-8-6-7-9-16(15)19/h6-10,12,19-20H,5,11H2,1-4H3. The zero-order valence-corrected chi connectivity index (χ0v) is 12.8. The lowest BCUT2D eigenvalue weighted by molar-refractivity contribution is 0.0863. The first-order valence-electron chi connectivity index (χ1n) is 7.21. The maximum atomic E-state index is 10.9. The van der Waals surface area contributed by atoms with Crippen LogP contribution in [0.3, 0.4) is 0 Å². The van der Waals surface area contributed by atoms with E-state index >= 15 is 0 Å². The highest BCUT2D eigenvalue weighted by Gasteiger charge is 2.34. The Kier molecular flexibility index (Phi) is 3.79. The van der Waals surface area contributed by atoms with Crippen LogP contribution in [0.1, 0.15) is 46.1 Å². The van der Waals surface area contributed by atoms with Crippen LogP contribution >= 0.6 is 0 Å². The van der Waals surface area contributed by atoms with E-state index in [-0.39, 0.29) is 11.2 Å². The van der Waals surface area contributed by atoms with E-state index in [1.54, 1.807) is 18.2 Å². The van der Waals surface area contributed by atoms with E-state index in [9.17, 15) is 10.2 Å². The summed E-state index contributed by atoms with van der Waals surface area (Å²) in [5.74, 6) is 0.148. The first kappa shape index (κ1) is 14.9. The van der Waals surface area contributed by atoms with Crippen LogP contribution in [0.4, 0.5) is 0 Å². The highest BCUT2D eigenvalue weighted by Crippen LogP contribution is 2.43. The lowest BCUT2D eigenvalue weighted by Gasteiger charge is -2.35. The fourth-order valence-electron chi connectivity index (χ4n) is 2.92. The van der Waals surface area contributed by atoms with Crippen molar-refractivity contribution in [1.29, 1.82) is 0 Å². The van der Waals surface area contributed by atoms with Crippen LogP contribution in [0.5, 0.6) is 5.75 Å². The summed E-state index contributed by atoms with van der Waals surface area (Å²) in [5, 5.41) is 20.9. The Labute approximate surface area is 121 Å². The van der Waals surface area contributed by atoms with E-state index in [1.165, 1.54) is 5.57 Å². The van der Waals surface area contributed by atoms with Crippen molar-refractivity contribution in [3.63, 3.8) is 0 Å². The molecule has 1 aromatic carbocycles. The average molecular weight is 272 g/mol. The molecule has 20 heavy (non-hydrogen) atoms. The predicted octanol–water partition coefficient (Wildman–Crippen LogP) is 4.29. The van der Waals surface area contributed by atoms with Gasteiger partial charge in [-0.15, -0.1) is 0 Å². The number of phenolic OH excluding ortho intramolecular Hbond substituents is 1. The van der Waals surface area contributed by atoms with Crippen LogP contribution < -0.4 is 0 Å². The Hall–Kier alpha value is -1.54. The van der Waals surface area contributed by atoms with Crippen molar-refractivity contribution >= 4 is 0 Å². The molecule has 1 aliphatic carbocycles. The molecule has 0 amide bonds. The lowest BCUT2D eigenvalue weighted by atomic mass is 9.73. The molecular formula is C18H24O2. The normalized spacial score (nSPS) is 23.2. The van der Waals surface area contributed by atoms with Gasteiger partial charge in [0.15, 0.2) is 0 Å². The third-order valence-electron chi connectivity index (χ3n) is 3.94. The van der Waals surface area contributed by atoms with E-state index in [1.807, 2.05) is 12.1 Å². The molecule has 0 heterocycles. The van der Waals surface area contributed by atoms with E-state index in [0.29, 0.717) is 12.0 Å². The van der Waals surface area contributed by atoms with Crippen molar-refractivity contribution in [3.05, 3.63) is 53.1 Å². The second-order valence-corrected chi connectivity index (χ2v) is 6.54. The second kappa shape index (κ2) is 5.10. The average Bonchev–Trinajstić information content (AvgIpc) is 2.37. The van der Waals surface area contributed by atoms with Gasteiger partial charge >= 0.3 is 0 Å². The SMILES string of the molecule is CCC1=CC(O)(c2ccccc2O)CC=C1C(C)(C)C. The number of rotatable bonds is 2. The zero-order chi connectivity index (χ0) is 15.0. The van der Waals surface area contributed by atoms with Gasteiger partial charge in [0.25, 0.3) is 0 Å². The Morgan fingerprint density at radius 1 is 1.20 bits per heavy atom. The van der Waals surface area contributed by atoms with Crippen molar-refractivity contribution in [1.82, 2.24) is 0 Å². The number of aliphatic hydroxyl groups is 1. The van der Waals surface area contributed by atoms with Gasteiger partial charge in [-0.2, -0.15) is 0 Å². The summed E-state index contributed by atoms with van der Waals surface area (Å²) >= 11 is 0. The van der Waals surface area contributed by atoms with E-state index in [2.05, 4.69) is 33.8 Å². The van der Waals surface area contributed by atoms with Gasteiger partial charge in [0, 0.05) is 12.0 Å². The minimum Gasteiger partial charge on any atom is -0.508 e. The molecule has 1 aliphatic rings. The molecule has 0 fully saturated rings. The van der Waals surface area contributed by atoms with Gasteiger partial charge in [-0.3, -0.25) is 0 Å². The van der Waals surface area contributed by atoms with Gasteiger partial charge in [0.1, 0.15) is 11.4 Å². The molecule has 0 saturated carbocycles. The van der Waals surface area contributed by atoms with Crippen LogP contribution in [0, 0.1) is 5.41 Å². The van der Waals surface area contributed by atoms with Crippen molar-refractivity contribution in [2.45, 2.75) is 46.1 Å². The first-order valence-corrected chi connectivity index (χ1v) is 7.21. The van der Waals surface area contributed by atoms with Crippen molar-refractivity contribution in [2.75, 3.05) is 0 Å². The van der Waals surface area contributed by atoms with Gasteiger partial charge in [0.2, 0.25) is 0 Å². The molecular weight excluding hydrogens is 248 g/mol. The maximum absolute atomic E-state index is 10.9. The molecule has 1 aromatic rings. The highest BCUT2D eigenvalue weighted by atomic mass is 16.3. The summed E-state index contributed by atoms with van der Waals surface area (Å²) in [5.41, 5.74) is 2.00.